The minimum absolute atomic E-state index is 0.187. The molecule has 0 aliphatic carbocycles. The average Bonchev–Trinajstić information content (AvgIpc) is 2.43. The second-order valence-electron chi connectivity index (χ2n) is 4.27. The van der Waals surface area contributed by atoms with Crippen LogP contribution in [-0.4, -0.2) is 25.4 Å². The number of hydrogen-bond acceptors (Lipinski definition) is 3. The lowest BCUT2D eigenvalue weighted by Gasteiger charge is -2.22. The van der Waals surface area contributed by atoms with Gasteiger partial charge in [0.15, 0.2) is 0 Å². The minimum Gasteiger partial charge on any atom is -0.501 e. The molecule has 1 aliphatic heterocycles. The monoisotopic (exact) mass is 267 g/mol. The van der Waals surface area contributed by atoms with Crippen molar-refractivity contribution < 1.29 is 9.13 Å². The fourth-order valence-corrected chi connectivity index (χ4v) is 3.00. The highest BCUT2D eigenvalue weighted by Gasteiger charge is 2.15. The lowest BCUT2D eigenvalue weighted by molar-refractivity contribution is 0.221. The fraction of sp³-hybridized carbons (Fsp3) is 0.429. The number of likely N-dealkylation sites (N-methyl/N-ethyl adjacent to an activating group) is 1. The first-order valence-electron chi connectivity index (χ1n) is 6.16. The fourth-order valence-electron chi connectivity index (χ4n) is 1.93. The molecule has 0 radical (unpaired) electrons. The Morgan fingerprint density at radius 1 is 1.39 bits per heavy atom. The predicted molar refractivity (Wildman–Crippen MR) is 73.2 cm³/mol. The van der Waals surface area contributed by atoms with Gasteiger partial charge in [-0.05, 0) is 49.7 Å². The van der Waals surface area contributed by atoms with Crippen LogP contribution in [0, 0.1) is 5.82 Å². The maximum Gasteiger partial charge on any atom is 0.123 e. The third kappa shape index (κ3) is 3.75. The van der Waals surface area contributed by atoms with Gasteiger partial charge in [-0.2, -0.15) is 0 Å². The number of rotatable bonds is 5. The molecule has 0 aromatic heterocycles. The molecule has 0 fully saturated rings. The summed E-state index contributed by atoms with van der Waals surface area (Å²) >= 11 is 1.73. The molecule has 1 aromatic rings. The Hall–Kier alpha value is -1.00. The minimum atomic E-state index is -0.187. The third-order valence-electron chi connectivity index (χ3n) is 2.99. The molecule has 1 heterocycles. The second-order valence-corrected chi connectivity index (χ2v) is 5.37. The number of nitrogens with one attached hydrogen (secondary N) is 1. The third-order valence-corrected chi connectivity index (χ3v) is 4.09. The van der Waals surface area contributed by atoms with E-state index in [0.717, 1.165) is 30.1 Å². The van der Waals surface area contributed by atoms with Gasteiger partial charge in [0.25, 0.3) is 0 Å². The van der Waals surface area contributed by atoms with Crippen LogP contribution in [0.2, 0.25) is 0 Å². The highest BCUT2D eigenvalue weighted by Crippen LogP contribution is 2.23. The lowest BCUT2D eigenvalue weighted by atomic mass is 10.0. The van der Waals surface area contributed by atoms with E-state index < -0.39 is 0 Å². The molecule has 18 heavy (non-hydrogen) atoms. The second kappa shape index (κ2) is 6.81. The normalized spacial score (nSPS) is 16.9. The predicted octanol–water partition coefficient (Wildman–Crippen LogP) is 3.20. The van der Waals surface area contributed by atoms with Gasteiger partial charge in [0, 0.05) is 16.7 Å². The van der Waals surface area contributed by atoms with Gasteiger partial charge in [-0.15, -0.1) is 11.8 Å². The lowest BCUT2D eigenvalue weighted by Crippen LogP contribution is -2.31. The molecular formula is C14H18FNOS. The summed E-state index contributed by atoms with van der Waals surface area (Å²) < 4.78 is 18.2. The molecule has 4 heteroatoms. The quantitative estimate of drug-likeness (QED) is 0.828. The standard InChI is InChI=1S/C14H18FNOS/c1-16-14(11-3-2-8-17-9-11)10-18-13-6-4-12(15)5-7-13/h4-7,9,14,16H,2-3,8,10H2,1H3. The van der Waals surface area contributed by atoms with Gasteiger partial charge in [0.2, 0.25) is 0 Å². The first-order valence-corrected chi connectivity index (χ1v) is 7.14. The zero-order valence-electron chi connectivity index (χ0n) is 10.5. The maximum absolute atomic E-state index is 12.8. The molecule has 0 bridgehead atoms. The molecule has 1 atom stereocenters. The molecule has 0 amide bonds. The highest BCUT2D eigenvalue weighted by atomic mass is 32.2. The maximum atomic E-state index is 12.8. The summed E-state index contributed by atoms with van der Waals surface area (Å²) in [7, 11) is 1.96. The van der Waals surface area contributed by atoms with Gasteiger partial charge in [-0.25, -0.2) is 4.39 Å². The highest BCUT2D eigenvalue weighted by molar-refractivity contribution is 7.99. The van der Waals surface area contributed by atoms with Crippen molar-refractivity contribution in [1.82, 2.24) is 5.32 Å². The van der Waals surface area contributed by atoms with Crippen molar-refractivity contribution in [3.8, 4) is 0 Å². The van der Waals surface area contributed by atoms with Crippen molar-refractivity contribution in [2.75, 3.05) is 19.4 Å². The van der Waals surface area contributed by atoms with Crippen molar-refractivity contribution in [2.45, 2.75) is 23.8 Å². The summed E-state index contributed by atoms with van der Waals surface area (Å²) in [5.74, 6) is 0.741. The Balaban J connectivity index is 1.90. The van der Waals surface area contributed by atoms with Gasteiger partial charge in [-0.1, -0.05) is 0 Å². The molecule has 1 aromatic carbocycles. The summed E-state index contributed by atoms with van der Waals surface area (Å²) in [4.78, 5) is 1.09. The summed E-state index contributed by atoms with van der Waals surface area (Å²) in [6, 6.07) is 6.96. The number of ether oxygens (including phenoxy) is 1. The van der Waals surface area contributed by atoms with E-state index in [1.807, 2.05) is 25.4 Å². The summed E-state index contributed by atoms with van der Waals surface area (Å²) in [6.45, 7) is 0.824. The van der Waals surface area contributed by atoms with Crippen LogP contribution in [-0.2, 0) is 4.74 Å². The Labute approximate surface area is 112 Å². The van der Waals surface area contributed by atoms with Crippen molar-refractivity contribution >= 4 is 11.8 Å². The molecule has 1 unspecified atom stereocenters. The molecule has 98 valence electrons. The van der Waals surface area contributed by atoms with Crippen molar-refractivity contribution in [2.24, 2.45) is 0 Å². The number of halogens is 1. The van der Waals surface area contributed by atoms with E-state index >= 15 is 0 Å². The Morgan fingerprint density at radius 2 is 2.17 bits per heavy atom. The average molecular weight is 267 g/mol. The summed E-state index contributed by atoms with van der Waals surface area (Å²) in [6.07, 6.45) is 4.07. The summed E-state index contributed by atoms with van der Waals surface area (Å²) in [5.41, 5.74) is 1.32. The van der Waals surface area contributed by atoms with E-state index in [4.69, 9.17) is 4.74 Å². The molecule has 0 saturated heterocycles. The van der Waals surface area contributed by atoms with Crippen LogP contribution in [0.15, 0.2) is 41.0 Å². The van der Waals surface area contributed by atoms with Crippen LogP contribution in [0.3, 0.4) is 0 Å². The van der Waals surface area contributed by atoms with Gasteiger partial charge in [-0.3, -0.25) is 0 Å². The molecular weight excluding hydrogens is 249 g/mol. The number of thioether (sulfide) groups is 1. The zero-order valence-corrected chi connectivity index (χ0v) is 11.3. The van der Waals surface area contributed by atoms with Crippen molar-refractivity contribution in [1.29, 1.82) is 0 Å². The van der Waals surface area contributed by atoms with E-state index in [1.165, 1.54) is 17.7 Å². The van der Waals surface area contributed by atoms with Gasteiger partial charge >= 0.3 is 0 Å². The van der Waals surface area contributed by atoms with Crippen molar-refractivity contribution in [3.63, 3.8) is 0 Å². The SMILES string of the molecule is CNC(CSc1ccc(F)cc1)C1=COCCC1. The van der Waals surface area contributed by atoms with Crippen molar-refractivity contribution in [3.05, 3.63) is 41.9 Å². The Kier molecular flexibility index (Phi) is 5.08. The summed E-state index contributed by atoms with van der Waals surface area (Å²) in [5, 5.41) is 3.31. The Morgan fingerprint density at radius 3 is 2.78 bits per heavy atom. The molecule has 1 N–H and O–H groups in total. The van der Waals surface area contributed by atoms with Crippen LogP contribution in [0.1, 0.15) is 12.8 Å². The van der Waals surface area contributed by atoms with Crippen LogP contribution in [0.5, 0.6) is 0 Å². The largest absolute Gasteiger partial charge is 0.501 e. The van der Waals surface area contributed by atoms with E-state index in [2.05, 4.69) is 5.32 Å². The molecule has 1 aliphatic rings. The van der Waals surface area contributed by atoms with Gasteiger partial charge < -0.3 is 10.1 Å². The van der Waals surface area contributed by atoms with E-state index in [9.17, 15) is 4.39 Å². The first-order chi connectivity index (χ1) is 8.79. The first kappa shape index (κ1) is 13.4. The molecule has 2 nitrogen and oxygen atoms in total. The van der Waals surface area contributed by atoms with E-state index in [0.29, 0.717) is 6.04 Å². The van der Waals surface area contributed by atoms with Crippen LogP contribution in [0.4, 0.5) is 4.39 Å². The number of benzene rings is 1. The molecule has 0 spiro atoms. The Bertz CT molecular complexity index is 405. The van der Waals surface area contributed by atoms with Gasteiger partial charge in [0.1, 0.15) is 5.82 Å². The molecule has 0 saturated carbocycles. The van der Waals surface area contributed by atoms with Crippen LogP contribution < -0.4 is 5.32 Å². The van der Waals surface area contributed by atoms with E-state index in [1.54, 1.807) is 11.8 Å². The van der Waals surface area contributed by atoms with E-state index in [-0.39, 0.29) is 5.82 Å². The van der Waals surface area contributed by atoms with Gasteiger partial charge in [0.05, 0.1) is 12.9 Å². The number of hydrogen-bond donors (Lipinski definition) is 1. The smallest absolute Gasteiger partial charge is 0.123 e. The zero-order chi connectivity index (χ0) is 12.8. The van der Waals surface area contributed by atoms with Crippen LogP contribution >= 0.6 is 11.8 Å². The molecule has 2 rings (SSSR count). The topological polar surface area (TPSA) is 21.3 Å². The van der Waals surface area contributed by atoms with Crippen LogP contribution in [0.25, 0.3) is 0 Å².